The van der Waals surface area contributed by atoms with Gasteiger partial charge < -0.3 is 9.73 Å². The van der Waals surface area contributed by atoms with E-state index in [0.717, 1.165) is 16.6 Å². The van der Waals surface area contributed by atoms with Crippen LogP contribution in [0, 0.1) is 6.92 Å². The topological polar surface area (TPSA) is 73.0 Å². The molecule has 0 aliphatic heterocycles. The largest absolute Gasteiger partial charge is 0.450 e. The molecule has 6 nitrogen and oxygen atoms in total. The second-order valence-corrected chi connectivity index (χ2v) is 5.32. The van der Waals surface area contributed by atoms with Crippen LogP contribution in [0.5, 0.6) is 0 Å². The van der Waals surface area contributed by atoms with Gasteiger partial charge in [0.15, 0.2) is 11.4 Å². The number of pyridine rings is 1. The third-order valence-electron chi connectivity index (χ3n) is 3.80. The van der Waals surface area contributed by atoms with Crippen molar-refractivity contribution in [1.82, 2.24) is 14.5 Å². The lowest BCUT2D eigenvalue weighted by Gasteiger charge is -2.09. The SMILES string of the molecule is CNc1nc(=O)n(-c2cccc(C)c2)c2c1oc1ccncc12. The Balaban J connectivity index is 2.23. The Bertz CT molecular complexity index is 1090. The van der Waals surface area contributed by atoms with E-state index in [1.54, 1.807) is 30.1 Å². The van der Waals surface area contributed by atoms with Crippen molar-refractivity contribution < 1.29 is 4.42 Å². The molecule has 3 aromatic heterocycles. The van der Waals surface area contributed by atoms with Gasteiger partial charge in [0.05, 0.1) is 11.1 Å². The Morgan fingerprint density at radius 3 is 2.91 bits per heavy atom. The molecule has 114 valence electrons. The van der Waals surface area contributed by atoms with Crippen molar-refractivity contribution in [1.29, 1.82) is 0 Å². The van der Waals surface area contributed by atoms with Crippen molar-refractivity contribution >= 4 is 27.9 Å². The van der Waals surface area contributed by atoms with E-state index in [1.165, 1.54) is 0 Å². The van der Waals surface area contributed by atoms with Gasteiger partial charge in [-0.3, -0.25) is 9.55 Å². The molecule has 0 radical (unpaired) electrons. The Morgan fingerprint density at radius 2 is 2.13 bits per heavy atom. The van der Waals surface area contributed by atoms with Crippen LogP contribution in [0.25, 0.3) is 27.8 Å². The molecule has 1 aromatic carbocycles. The summed E-state index contributed by atoms with van der Waals surface area (Å²) in [6.45, 7) is 1.98. The zero-order chi connectivity index (χ0) is 16.0. The Labute approximate surface area is 131 Å². The van der Waals surface area contributed by atoms with Gasteiger partial charge in [-0.05, 0) is 30.7 Å². The lowest BCUT2D eigenvalue weighted by molar-refractivity contribution is 0.664. The van der Waals surface area contributed by atoms with Crippen LogP contribution in [0.1, 0.15) is 5.56 Å². The standard InChI is InChI=1S/C17H14N4O2/c1-10-4-3-5-11(8-10)21-14-12-9-19-7-6-13(12)23-15(14)16(18-2)20-17(21)22/h3-9H,1-2H3,(H,18,20,22). The summed E-state index contributed by atoms with van der Waals surface area (Å²) in [4.78, 5) is 20.9. The van der Waals surface area contributed by atoms with Gasteiger partial charge in [0, 0.05) is 19.4 Å². The maximum absolute atomic E-state index is 12.6. The minimum atomic E-state index is -0.362. The van der Waals surface area contributed by atoms with Crippen LogP contribution in [0.4, 0.5) is 5.82 Å². The highest BCUT2D eigenvalue weighted by atomic mass is 16.3. The summed E-state index contributed by atoms with van der Waals surface area (Å²) < 4.78 is 7.46. The van der Waals surface area contributed by atoms with Crippen LogP contribution < -0.4 is 11.0 Å². The van der Waals surface area contributed by atoms with Gasteiger partial charge in [-0.2, -0.15) is 4.98 Å². The highest BCUT2D eigenvalue weighted by Crippen LogP contribution is 2.31. The van der Waals surface area contributed by atoms with E-state index < -0.39 is 0 Å². The summed E-state index contributed by atoms with van der Waals surface area (Å²) >= 11 is 0. The molecule has 4 aromatic rings. The van der Waals surface area contributed by atoms with Crippen LogP contribution in [0.3, 0.4) is 0 Å². The molecule has 0 aliphatic rings. The Kier molecular flexibility index (Phi) is 2.90. The van der Waals surface area contributed by atoms with Gasteiger partial charge >= 0.3 is 5.69 Å². The first-order chi connectivity index (χ1) is 11.2. The quantitative estimate of drug-likeness (QED) is 0.616. The third kappa shape index (κ3) is 1.99. The van der Waals surface area contributed by atoms with Crippen molar-refractivity contribution in [2.75, 3.05) is 12.4 Å². The molecule has 0 unspecified atom stereocenters. The number of aryl methyl sites for hydroxylation is 1. The number of furan rings is 1. The summed E-state index contributed by atoms with van der Waals surface area (Å²) in [7, 11) is 1.71. The van der Waals surface area contributed by atoms with Gasteiger partial charge in [-0.15, -0.1) is 0 Å². The van der Waals surface area contributed by atoms with E-state index in [2.05, 4.69) is 15.3 Å². The van der Waals surface area contributed by atoms with Gasteiger partial charge in [0.1, 0.15) is 11.1 Å². The van der Waals surface area contributed by atoms with Crippen LogP contribution in [0.15, 0.2) is 51.9 Å². The fourth-order valence-electron chi connectivity index (χ4n) is 2.78. The molecule has 0 fully saturated rings. The maximum atomic E-state index is 12.6. The average Bonchev–Trinajstić information content (AvgIpc) is 2.93. The number of benzene rings is 1. The molecule has 0 bridgehead atoms. The summed E-state index contributed by atoms with van der Waals surface area (Å²) in [5, 5.41) is 3.70. The van der Waals surface area contributed by atoms with Crippen molar-refractivity contribution in [3.8, 4) is 5.69 Å². The monoisotopic (exact) mass is 306 g/mol. The molecule has 4 rings (SSSR count). The van der Waals surface area contributed by atoms with Crippen LogP contribution >= 0.6 is 0 Å². The summed E-state index contributed by atoms with van der Waals surface area (Å²) in [5.74, 6) is 0.421. The van der Waals surface area contributed by atoms with Crippen molar-refractivity contribution in [3.05, 3.63) is 58.8 Å². The van der Waals surface area contributed by atoms with Crippen LogP contribution in [0.2, 0.25) is 0 Å². The molecule has 0 saturated carbocycles. The van der Waals surface area contributed by atoms with Gasteiger partial charge in [-0.1, -0.05) is 12.1 Å². The highest BCUT2D eigenvalue weighted by molar-refractivity contribution is 6.06. The average molecular weight is 306 g/mol. The number of rotatable bonds is 2. The first-order valence-corrected chi connectivity index (χ1v) is 7.23. The van der Waals surface area contributed by atoms with Gasteiger partial charge in [0.25, 0.3) is 0 Å². The molecule has 0 saturated heterocycles. The van der Waals surface area contributed by atoms with Gasteiger partial charge in [0.2, 0.25) is 0 Å². The zero-order valence-electron chi connectivity index (χ0n) is 12.7. The summed E-state index contributed by atoms with van der Waals surface area (Å²) in [6.07, 6.45) is 3.36. The van der Waals surface area contributed by atoms with Crippen molar-refractivity contribution in [2.45, 2.75) is 6.92 Å². The molecule has 0 aliphatic carbocycles. The number of hydrogen-bond donors (Lipinski definition) is 1. The molecule has 0 amide bonds. The first-order valence-electron chi connectivity index (χ1n) is 7.23. The maximum Gasteiger partial charge on any atom is 0.354 e. The molecule has 1 N–H and O–H groups in total. The molecule has 0 spiro atoms. The second kappa shape index (κ2) is 4.95. The lowest BCUT2D eigenvalue weighted by atomic mass is 10.2. The predicted molar refractivity (Wildman–Crippen MR) is 89.2 cm³/mol. The molecular formula is C17H14N4O2. The van der Waals surface area contributed by atoms with Crippen LogP contribution in [-0.4, -0.2) is 21.6 Å². The number of fused-ring (bicyclic) bond motifs is 3. The number of nitrogens with one attached hydrogen (secondary N) is 1. The molecule has 0 atom stereocenters. The van der Waals surface area contributed by atoms with E-state index in [0.29, 0.717) is 22.5 Å². The first kappa shape index (κ1) is 13.5. The Hall–Kier alpha value is -3.15. The third-order valence-corrected chi connectivity index (χ3v) is 3.80. The summed E-state index contributed by atoms with van der Waals surface area (Å²) in [6, 6.07) is 9.49. The summed E-state index contributed by atoms with van der Waals surface area (Å²) in [5.41, 5.74) is 3.33. The second-order valence-electron chi connectivity index (χ2n) is 5.32. The molecular weight excluding hydrogens is 292 g/mol. The fraction of sp³-hybridized carbons (Fsp3) is 0.118. The minimum Gasteiger partial charge on any atom is -0.450 e. The molecule has 23 heavy (non-hydrogen) atoms. The lowest BCUT2D eigenvalue weighted by Crippen LogP contribution is -2.22. The number of hydrogen-bond acceptors (Lipinski definition) is 5. The predicted octanol–water partition coefficient (Wildman–Crippen LogP) is 2.88. The number of anilines is 1. The number of nitrogens with zero attached hydrogens (tertiary/aromatic N) is 3. The number of aromatic nitrogens is 3. The Morgan fingerprint density at radius 1 is 1.26 bits per heavy atom. The highest BCUT2D eigenvalue weighted by Gasteiger charge is 2.18. The van der Waals surface area contributed by atoms with E-state index in [4.69, 9.17) is 4.42 Å². The van der Waals surface area contributed by atoms with E-state index in [1.807, 2.05) is 31.2 Å². The molecule has 6 heteroatoms. The van der Waals surface area contributed by atoms with E-state index in [9.17, 15) is 4.79 Å². The molecule has 3 heterocycles. The smallest absolute Gasteiger partial charge is 0.354 e. The van der Waals surface area contributed by atoms with Crippen molar-refractivity contribution in [2.24, 2.45) is 0 Å². The fourth-order valence-corrected chi connectivity index (χ4v) is 2.78. The van der Waals surface area contributed by atoms with Gasteiger partial charge in [-0.25, -0.2) is 4.79 Å². The zero-order valence-corrected chi connectivity index (χ0v) is 12.7. The van der Waals surface area contributed by atoms with Crippen LogP contribution in [-0.2, 0) is 0 Å². The van der Waals surface area contributed by atoms with E-state index in [-0.39, 0.29) is 5.69 Å². The van der Waals surface area contributed by atoms with Crippen molar-refractivity contribution in [3.63, 3.8) is 0 Å². The normalized spacial score (nSPS) is 11.2. The van der Waals surface area contributed by atoms with E-state index >= 15 is 0 Å². The minimum absolute atomic E-state index is 0.362.